The van der Waals surface area contributed by atoms with Crippen molar-refractivity contribution in [3.05, 3.63) is 83.6 Å². The number of aliphatic carboxylic acids is 1. The van der Waals surface area contributed by atoms with Crippen molar-refractivity contribution < 1.29 is 14.7 Å². The Balaban J connectivity index is 1.14. The van der Waals surface area contributed by atoms with E-state index in [2.05, 4.69) is 82.7 Å². The van der Waals surface area contributed by atoms with Crippen molar-refractivity contribution in [3.63, 3.8) is 0 Å². The smallest absolute Gasteiger partial charge is 0.326 e. The normalized spacial score (nSPS) is 38.9. The van der Waals surface area contributed by atoms with Gasteiger partial charge in [0.1, 0.15) is 6.04 Å². The molecule has 2 aromatic carbocycles. The molecule has 8 rings (SSSR count). The van der Waals surface area contributed by atoms with Crippen LogP contribution in [0.5, 0.6) is 0 Å². The van der Waals surface area contributed by atoms with Crippen LogP contribution in [0.25, 0.3) is 10.9 Å². The molecule has 5 aliphatic rings. The monoisotopic (exact) mass is 674 g/mol. The fourth-order valence-corrected chi connectivity index (χ4v) is 14.2. The number of aromatic nitrogens is 1. The van der Waals surface area contributed by atoms with Gasteiger partial charge in [0.05, 0.1) is 5.41 Å². The van der Waals surface area contributed by atoms with Crippen LogP contribution in [0.1, 0.15) is 110 Å². The molecule has 0 saturated heterocycles. The molecule has 4 fully saturated rings. The topological polar surface area (TPSA) is 82.2 Å². The molecule has 0 spiro atoms. The lowest BCUT2D eigenvalue weighted by atomic mass is 9.32. The van der Waals surface area contributed by atoms with Gasteiger partial charge in [0, 0.05) is 28.4 Å². The number of allylic oxidation sites excluding steroid dienone is 1. The van der Waals surface area contributed by atoms with Crippen LogP contribution >= 0.6 is 0 Å². The van der Waals surface area contributed by atoms with Crippen LogP contribution < -0.4 is 5.32 Å². The quantitative estimate of drug-likeness (QED) is 0.228. The number of carbonyl (C=O) groups is 2. The third-order valence-electron chi connectivity index (χ3n) is 16.6. The number of hydrogen-bond acceptors (Lipinski definition) is 2. The number of aromatic amines is 1. The van der Waals surface area contributed by atoms with Crippen molar-refractivity contribution >= 4 is 22.8 Å². The Bertz CT molecular complexity index is 1860. The zero-order valence-corrected chi connectivity index (χ0v) is 31.2. The summed E-state index contributed by atoms with van der Waals surface area (Å²) < 4.78 is 0. The second kappa shape index (κ2) is 11.3. The first-order chi connectivity index (χ1) is 23.7. The number of H-pyrrole nitrogens is 1. The highest BCUT2D eigenvalue weighted by atomic mass is 16.4. The Morgan fingerprint density at radius 2 is 1.60 bits per heavy atom. The lowest BCUT2D eigenvalue weighted by Gasteiger charge is -2.72. The van der Waals surface area contributed by atoms with Crippen LogP contribution in [0.2, 0.25) is 0 Å². The average Bonchev–Trinajstić information content (AvgIpc) is 3.65. The van der Waals surface area contributed by atoms with Gasteiger partial charge in [0.15, 0.2) is 0 Å². The predicted molar refractivity (Wildman–Crippen MR) is 201 cm³/mol. The maximum Gasteiger partial charge on any atom is 0.326 e. The first kappa shape index (κ1) is 33.8. The molecule has 5 nitrogen and oxygen atoms in total. The van der Waals surface area contributed by atoms with Gasteiger partial charge in [-0.1, -0.05) is 95.3 Å². The van der Waals surface area contributed by atoms with Gasteiger partial charge in [-0.3, -0.25) is 4.79 Å². The first-order valence-electron chi connectivity index (χ1n) is 19.5. The number of para-hydroxylation sites is 1. The van der Waals surface area contributed by atoms with E-state index in [0.29, 0.717) is 24.2 Å². The van der Waals surface area contributed by atoms with Crippen molar-refractivity contribution in [2.24, 2.45) is 51.2 Å². The van der Waals surface area contributed by atoms with Gasteiger partial charge in [-0.25, -0.2) is 4.79 Å². The molecule has 0 aliphatic heterocycles. The summed E-state index contributed by atoms with van der Waals surface area (Å²) >= 11 is 0. The molecule has 5 heteroatoms. The fourth-order valence-electron chi connectivity index (χ4n) is 14.2. The van der Waals surface area contributed by atoms with E-state index in [1.54, 1.807) is 5.56 Å². The minimum Gasteiger partial charge on any atom is -0.480 e. The highest BCUT2D eigenvalue weighted by Gasteiger charge is 2.72. The van der Waals surface area contributed by atoms with Gasteiger partial charge in [-0.2, -0.15) is 0 Å². The van der Waals surface area contributed by atoms with Crippen LogP contribution in [-0.4, -0.2) is 28.0 Å². The molecular weight excluding hydrogens is 617 g/mol. The summed E-state index contributed by atoms with van der Waals surface area (Å²) in [7, 11) is 0. The van der Waals surface area contributed by atoms with Gasteiger partial charge >= 0.3 is 5.97 Å². The Labute approximate surface area is 299 Å². The Morgan fingerprint density at radius 1 is 0.880 bits per heavy atom. The molecule has 50 heavy (non-hydrogen) atoms. The maximum absolute atomic E-state index is 14.7. The molecule has 10 atom stereocenters. The first-order valence-corrected chi connectivity index (χ1v) is 19.5. The number of fused-ring (bicyclic) bond motifs is 10. The van der Waals surface area contributed by atoms with Gasteiger partial charge in [-0.05, 0) is 128 Å². The standard InChI is InChI=1S/C45H58N2O3/c1-27(2)29-19-22-45(40(50)47-34(39(48)49)25-28-13-9-8-10-14-28)24-23-43(6)32(37(29)45)17-18-36-42(5)26-31-30-15-11-12-16-33(30)46-38(31)41(3,4)35(42)20-21-44(36,43)7/h8-16,29,32,34-37,46H,1,17-26H2,2-7H3,(H,47,50)(H,48,49)/t29-,32+,34-,35-,36+,37+,42-,43+,44+,45-/m0/s1. The molecule has 3 aromatic rings. The van der Waals surface area contributed by atoms with Crippen molar-refractivity contribution in [2.75, 3.05) is 0 Å². The maximum atomic E-state index is 14.7. The largest absolute Gasteiger partial charge is 0.480 e. The Kier molecular flexibility index (Phi) is 7.65. The summed E-state index contributed by atoms with van der Waals surface area (Å²) in [5, 5.41) is 14.8. The molecule has 5 aliphatic carbocycles. The lowest BCUT2D eigenvalue weighted by molar-refractivity contribution is -0.225. The van der Waals surface area contributed by atoms with Gasteiger partial charge in [-0.15, -0.1) is 0 Å². The molecule has 1 amide bonds. The van der Waals surface area contributed by atoms with Gasteiger partial charge < -0.3 is 15.4 Å². The van der Waals surface area contributed by atoms with Crippen LogP contribution in [-0.2, 0) is 27.8 Å². The number of amides is 1. The third kappa shape index (κ3) is 4.49. The molecular formula is C45H58N2O3. The summed E-state index contributed by atoms with van der Waals surface area (Å²) in [5.41, 5.74) is 6.35. The van der Waals surface area contributed by atoms with E-state index in [1.165, 1.54) is 41.4 Å². The number of carboxylic acids is 1. The highest BCUT2D eigenvalue weighted by molar-refractivity contribution is 5.88. The van der Waals surface area contributed by atoms with E-state index in [9.17, 15) is 14.7 Å². The summed E-state index contributed by atoms with van der Waals surface area (Å²) in [5.74, 6) is 1.11. The fraction of sp³-hybridized carbons (Fsp3) is 0.600. The van der Waals surface area contributed by atoms with Crippen LogP contribution in [0.3, 0.4) is 0 Å². The zero-order chi connectivity index (χ0) is 35.4. The Morgan fingerprint density at radius 3 is 2.32 bits per heavy atom. The van der Waals surface area contributed by atoms with Crippen molar-refractivity contribution in [1.82, 2.24) is 10.3 Å². The minimum absolute atomic E-state index is 0.0273. The number of carbonyl (C=O) groups excluding carboxylic acids is 1. The highest BCUT2D eigenvalue weighted by Crippen LogP contribution is 2.77. The minimum atomic E-state index is -0.961. The zero-order valence-electron chi connectivity index (χ0n) is 31.2. The van der Waals surface area contributed by atoms with E-state index in [0.717, 1.165) is 44.1 Å². The predicted octanol–water partition coefficient (Wildman–Crippen LogP) is 9.65. The Hall–Kier alpha value is -3.34. The van der Waals surface area contributed by atoms with Crippen molar-refractivity contribution in [1.29, 1.82) is 0 Å². The van der Waals surface area contributed by atoms with Crippen LogP contribution in [0.4, 0.5) is 0 Å². The summed E-state index contributed by atoms with van der Waals surface area (Å²) in [6.07, 6.45) is 9.85. The van der Waals surface area contributed by atoms with E-state index in [-0.39, 0.29) is 39.4 Å². The van der Waals surface area contributed by atoms with E-state index >= 15 is 0 Å². The number of carboxylic acid groups (broad SMARTS) is 1. The summed E-state index contributed by atoms with van der Waals surface area (Å²) in [6.45, 7) is 19.6. The molecule has 1 heterocycles. The van der Waals surface area contributed by atoms with E-state index in [1.807, 2.05) is 30.3 Å². The number of benzene rings is 2. The molecule has 0 radical (unpaired) electrons. The number of hydrogen-bond donors (Lipinski definition) is 3. The summed E-state index contributed by atoms with van der Waals surface area (Å²) in [6, 6.07) is 17.7. The van der Waals surface area contributed by atoms with Gasteiger partial charge in [0.25, 0.3) is 0 Å². The molecule has 3 N–H and O–H groups in total. The second-order valence-corrected chi connectivity index (χ2v) is 18.8. The molecule has 0 bridgehead atoms. The van der Waals surface area contributed by atoms with Crippen LogP contribution in [0.15, 0.2) is 66.7 Å². The van der Waals surface area contributed by atoms with Crippen molar-refractivity contribution in [2.45, 2.75) is 117 Å². The molecule has 0 unspecified atom stereocenters. The number of rotatable bonds is 6. The molecule has 266 valence electrons. The SMILES string of the molecule is C=C(C)[C@@H]1CC[C@]2(C(=O)N[C@@H](Cc3ccccc3)C(=O)O)CC[C@]3(C)[C@H](CC[C@@H]4[C@@]5(C)Cc6c([nH]c7ccccc67)C(C)(C)[C@@H]5CC[C@]43C)[C@@H]12. The second-order valence-electron chi connectivity index (χ2n) is 18.8. The van der Waals surface area contributed by atoms with E-state index < -0.39 is 17.4 Å². The number of nitrogens with one attached hydrogen (secondary N) is 2. The average molecular weight is 675 g/mol. The van der Waals surface area contributed by atoms with Crippen molar-refractivity contribution in [3.8, 4) is 0 Å². The lowest BCUT2D eigenvalue weighted by Crippen LogP contribution is -2.67. The third-order valence-corrected chi connectivity index (χ3v) is 16.6. The molecule has 1 aromatic heterocycles. The van der Waals surface area contributed by atoms with Gasteiger partial charge in [0.2, 0.25) is 5.91 Å². The van der Waals surface area contributed by atoms with E-state index in [4.69, 9.17) is 0 Å². The van der Waals surface area contributed by atoms with Crippen LogP contribution in [0, 0.1) is 51.2 Å². The molecule has 4 saturated carbocycles. The summed E-state index contributed by atoms with van der Waals surface area (Å²) in [4.78, 5) is 31.2.